The molecule has 6 rings (SSSR count). The van der Waals surface area contributed by atoms with Crippen LogP contribution in [0.4, 0.5) is 4.39 Å². The van der Waals surface area contributed by atoms with E-state index in [1.807, 2.05) is 71.6 Å². The van der Waals surface area contributed by atoms with Crippen molar-refractivity contribution in [2.75, 3.05) is 0 Å². The smallest absolute Gasteiger partial charge is 0.258 e. The van der Waals surface area contributed by atoms with Gasteiger partial charge in [-0.25, -0.2) is 4.39 Å². The minimum Gasteiger partial charge on any atom is -0.478 e. The van der Waals surface area contributed by atoms with E-state index in [-0.39, 0.29) is 11.7 Å². The fourth-order valence-corrected chi connectivity index (χ4v) is 5.38. The van der Waals surface area contributed by atoms with Crippen LogP contribution in [-0.4, -0.2) is 15.8 Å². The lowest BCUT2D eigenvalue weighted by Gasteiger charge is -2.23. The summed E-state index contributed by atoms with van der Waals surface area (Å²) in [5, 5.41) is 1.00. The van der Waals surface area contributed by atoms with Crippen molar-refractivity contribution < 1.29 is 13.9 Å². The van der Waals surface area contributed by atoms with E-state index in [0.29, 0.717) is 29.9 Å². The van der Waals surface area contributed by atoms with Gasteiger partial charge in [0.05, 0.1) is 5.56 Å². The Labute approximate surface area is 221 Å². The molecule has 38 heavy (non-hydrogen) atoms. The van der Waals surface area contributed by atoms with Gasteiger partial charge in [-0.15, -0.1) is 0 Å². The molecule has 0 saturated carbocycles. The topological polar surface area (TPSA) is 42.4 Å². The molecule has 2 heterocycles. The molecular weight excluding hydrogens is 475 g/mol. The summed E-state index contributed by atoms with van der Waals surface area (Å²) in [6.07, 6.45) is 2.10. The summed E-state index contributed by atoms with van der Waals surface area (Å²) in [7, 11) is 0. The lowest BCUT2D eigenvalue weighted by molar-refractivity contribution is 0.0762. The van der Waals surface area contributed by atoms with Gasteiger partial charge in [-0.1, -0.05) is 85.8 Å². The van der Waals surface area contributed by atoms with Crippen LogP contribution < -0.4 is 4.74 Å². The van der Waals surface area contributed by atoms with E-state index in [4.69, 9.17) is 9.72 Å². The zero-order valence-electron chi connectivity index (χ0n) is 21.1. The fraction of sp³-hybridized carbons (Fsp3) is 0.152. The third-order valence-electron chi connectivity index (χ3n) is 7.17. The maximum absolute atomic E-state index is 14.0. The zero-order chi connectivity index (χ0) is 26.1. The Bertz CT molecular complexity index is 1560. The second kappa shape index (κ2) is 10.1. The molecule has 188 valence electrons. The standard InChI is InChI=1S/C33H27FN2O2/c1-2-26-27-14-9-19-35-30(27)32(38-31(23-10-5-3-6-11-23)24-12-7-4-8-13-24)29-28(26)21-36(33(29)37)20-22-15-17-25(34)18-16-22/h3-19,31H,2,20-21H2,1H3. The Morgan fingerprint density at radius 1 is 0.895 bits per heavy atom. The molecule has 1 aliphatic heterocycles. The molecule has 1 aromatic heterocycles. The second-order valence-corrected chi connectivity index (χ2v) is 9.52. The first-order valence-electron chi connectivity index (χ1n) is 12.9. The van der Waals surface area contributed by atoms with E-state index >= 15 is 0 Å². The maximum Gasteiger partial charge on any atom is 0.258 e. The highest BCUT2D eigenvalue weighted by Crippen LogP contribution is 2.43. The summed E-state index contributed by atoms with van der Waals surface area (Å²) in [4.78, 5) is 20.5. The molecule has 0 unspecified atom stereocenters. The van der Waals surface area contributed by atoms with E-state index in [1.54, 1.807) is 18.3 Å². The van der Waals surface area contributed by atoms with Crippen molar-refractivity contribution in [1.29, 1.82) is 0 Å². The Balaban J connectivity index is 1.50. The van der Waals surface area contributed by atoms with Crippen molar-refractivity contribution in [2.45, 2.75) is 32.5 Å². The van der Waals surface area contributed by atoms with E-state index < -0.39 is 6.10 Å². The minimum absolute atomic E-state index is 0.0959. The Hall–Kier alpha value is -4.51. The molecule has 0 atom stereocenters. The summed E-state index contributed by atoms with van der Waals surface area (Å²) in [5.74, 6) is 0.123. The van der Waals surface area contributed by atoms with Crippen molar-refractivity contribution in [3.05, 3.63) is 142 Å². The van der Waals surface area contributed by atoms with Crippen LogP contribution in [0.2, 0.25) is 0 Å². The minimum atomic E-state index is -0.418. The van der Waals surface area contributed by atoms with Gasteiger partial charge in [0.25, 0.3) is 5.91 Å². The van der Waals surface area contributed by atoms with Crippen LogP contribution in [-0.2, 0) is 19.5 Å². The number of hydrogen-bond donors (Lipinski definition) is 0. The quantitative estimate of drug-likeness (QED) is 0.235. The number of amides is 1. The first kappa shape index (κ1) is 23.9. The summed E-state index contributed by atoms with van der Waals surface area (Å²) in [6, 6.07) is 30.4. The third kappa shape index (κ3) is 4.30. The first-order chi connectivity index (χ1) is 18.6. The van der Waals surface area contributed by atoms with Gasteiger partial charge in [0.2, 0.25) is 0 Å². The average molecular weight is 503 g/mol. The molecular formula is C33H27FN2O2. The normalized spacial score (nSPS) is 12.8. The molecule has 4 aromatic carbocycles. The van der Waals surface area contributed by atoms with Gasteiger partial charge in [0.15, 0.2) is 5.75 Å². The van der Waals surface area contributed by atoms with Crippen LogP contribution in [0.15, 0.2) is 103 Å². The van der Waals surface area contributed by atoms with E-state index in [1.165, 1.54) is 12.1 Å². The maximum atomic E-state index is 14.0. The summed E-state index contributed by atoms with van der Waals surface area (Å²) < 4.78 is 20.4. The Kier molecular flexibility index (Phi) is 6.34. The van der Waals surface area contributed by atoms with Gasteiger partial charge in [-0.05, 0) is 52.4 Å². The van der Waals surface area contributed by atoms with Gasteiger partial charge in [-0.3, -0.25) is 9.78 Å². The number of halogens is 1. The molecule has 0 spiro atoms. The van der Waals surface area contributed by atoms with E-state index in [9.17, 15) is 9.18 Å². The summed E-state index contributed by atoms with van der Waals surface area (Å²) in [6.45, 7) is 2.96. The van der Waals surface area contributed by atoms with Crippen LogP contribution in [0.25, 0.3) is 10.9 Å². The van der Waals surface area contributed by atoms with Crippen LogP contribution >= 0.6 is 0 Å². The Morgan fingerprint density at radius 2 is 1.55 bits per heavy atom. The number of hydrogen-bond acceptors (Lipinski definition) is 3. The molecule has 5 heteroatoms. The molecule has 0 fully saturated rings. The number of carbonyl (C=O) groups excluding carboxylic acids is 1. The van der Waals surface area contributed by atoms with Crippen molar-refractivity contribution in [2.24, 2.45) is 0 Å². The molecule has 5 aromatic rings. The molecule has 0 radical (unpaired) electrons. The van der Waals surface area contributed by atoms with Crippen molar-refractivity contribution in [1.82, 2.24) is 9.88 Å². The number of nitrogens with zero attached hydrogens (tertiary/aromatic N) is 2. The highest BCUT2D eigenvalue weighted by atomic mass is 19.1. The lowest BCUT2D eigenvalue weighted by atomic mass is 9.94. The molecule has 0 saturated heterocycles. The van der Waals surface area contributed by atoms with E-state index in [2.05, 4.69) is 13.0 Å². The average Bonchev–Trinajstić information content (AvgIpc) is 3.28. The number of fused-ring (bicyclic) bond motifs is 2. The highest BCUT2D eigenvalue weighted by molar-refractivity contribution is 6.07. The highest BCUT2D eigenvalue weighted by Gasteiger charge is 2.36. The number of carbonyl (C=O) groups is 1. The van der Waals surface area contributed by atoms with Crippen molar-refractivity contribution >= 4 is 16.8 Å². The SMILES string of the molecule is CCc1c2c(c(OC(c3ccccc3)c3ccccc3)c3ncccc13)C(=O)N(Cc1ccc(F)cc1)C2. The third-order valence-corrected chi connectivity index (χ3v) is 7.17. The summed E-state index contributed by atoms with van der Waals surface area (Å²) >= 11 is 0. The van der Waals surface area contributed by atoms with Gasteiger partial charge >= 0.3 is 0 Å². The second-order valence-electron chi connectivity index (χ2n) is 9.52. The number of pyridine rings is 1. The van der Waals surface area contributed by atoms with Crippen molar-refractivity contribution in [3.63, 3.8) is 0 Å². The number of ether oxygens (including phenoxy) is 1. The van der Waals surface area contributed by atoms with E-state index in [0.717, 1.165) is 39.6 Å². The molecule has 0 bridgehead atoms. The molecule has 0 N–H and O–H groups in total. The number of benzene rings is 4. The van der Waals surface area contributed by atoms with Gasteiger partial charge in [-0.2, -0.15) is 0 Å². The lowest BCUT2D eigenvalue weighted by Crippen LogP contribution is -2.23. The number of aromatic nitrogens is 1. The number of aryl methyl sites for hydroxylation is 1. The van der Waals surface area contributed by atoms with Crippen LogP contribution in [0.3, 0.4) is 0 Å². The fourth-order valence-electron chi connectivity index (χ4n) is 5.38. The largest absolute Gasteiger partial charge is 0.478 e. The predicted molar refractivity (Wildman–Crippen MR) is 146 cm³/mol. The summed E-state index contributed by atoms with van der Waals surface area (Å²) in [5.41, 5.74) is 6.22. The Morgan fingerprint density at radius 3 is 2.18 bits per heavy atom. The van der Waals surface area contributed by atoms with Crippen LogP contribution in [0, 0.1) is 5.82 Å². The molecule has 0 aliphatic carbocycles. The predicted octanol–water partition coefficient (Wildman–Crippen LogP) is 7.26. The molecule has 1 aliphatic rings. The van der Waals surface area contributed by atoms with Crippen molar-refractivity contribution in [3.8, 4) is 5.75 Å². The number of rotatable bonds is 7. The van der Waals surface area contributed by atoms with Gasteiger partial charge < -0.3 is 9.64 Å². The van der Waals surface area contributed by atoms with Gasteiger partial charge in [0, 0.05) is 24.7 Å². The van der Waals surface area contributed by atoms with Crippen LogP contribution in [0.5, 0.6) is 5.75 Å². The van der Waals surface area contributed by atoms with Gasteiger partial charge in [0.1, 0.15) is 17.4 Å². The molecule has 1 amide bonds. The van der Waals surface area contributed by atoms with Crippen LogP contribution in [0.1, 0.15) is 51.2 Å². The first-order valence-corrected chi connectivity index (χ1v) is 12.9. The zero-order valence-corrected chi connectivity index (χ0v) is 21.1. The molecule has 4 nitrogen and oxygen atoms in total. The monoisotopic (exact) mass is 502 g/mol.